The summed E-state index contributed by atoms with van der Waals surface area (Å²) >= 11 is 0. The zero-order chi connectivity index (χ0) is 19.1. The van der Waals surface area contributed by atoms with Crippen molar-refractivity contribution >= 4 is 17.3 Å². The summed E-state index contributed by atoms with van der Waals surface area (Å²) in [6.07, 6.45) is 1.77. The number of hydrogen-bond acceptors (Lipinski definition) is 6. The number of rotatable bonds is 7. The molecule has 0 atom stereocenters. The average Bonchev–Trinajstić information content (AvgIpc) is 2.74. The summed E-state index contributed by atoms with van der Waals surface area (Å²) in [7, 11) is 3.28. The Labute approximate surface area is 159 Å². The van der Waals surface area contributed by atoms with E-state index in [2.05, 4.69) is 32.2 Å². The van der Waals surface area contributed by atoms with Gasteiger partial charge in [-0.1, -0.05) is 0 Å². The maximum Gasteiger partial charge on any atom is 0.269 e. The Morgan fingerprint density at radius 2 is 1.63 bits per heavy atom. The monoisotopic (exact) mass is 370 g/mol. The van der Waals surface area contributed by atoms with Crippen LogP contribution < -0.4 is 19.9 Å². The van der Waals surface area contributed by atoms with Gasteiger partial charge in [0.15, 0.2) is 0 Å². The van der Waals surface area contributed by atoms with Gasteiger partial charge in [-0.15, -0.1) is 0 Å². The molecule has 0 unspecified atom stereocenters. The third kappa shape index (κ3) is 4.89. The molecule has 27 heavy (non-hydrogen) atoms. The highest BCUT2D eigenvalue weighted by atomic mass is 16.5. The second kappa shape index (κ2) is 9.23. The lowest BCUT2D eigenvalue weighted by Gasteiger charge is -2.37. The van der Waals surface area contributed by atoms with E-state index in [0.717, 1.165) is 37.6 Å². The summed E-state index contributed by atoms with van der Waals surface area (Å²) in [4.78, 5) is 21.0. The molecule has 1 N–H and O–H groups in total. The number of aromatic nitrogens is 1. The number of hydrogen-bond donors (Lipinski definition) is 1. The SMILES string of the molecule is COCCNC(=O)c1ccc(N2CCN(c3ccc(OC)cc3)CC2)cn1. The lowest BCUT2D eigenvalue weighted by molar-refractivity contribution is 0.0932. The standard InChI is InChI=1S/C20H26N4O3/c1-26-14-9-21-20(25)19-8-5-17(15-22-19)24-12-10-23(11-13-24)16-3-6-18(27-2)7-4-16/h3-8,15H,9-14H2,1-2H3,(H,21,25). The molecule has 7 heteroatoms. The number of amides is 1. The molecule has 2 aromatic rings. The number of carbonyl (C=O) groups is 1. The molecular weight excluding hydrogens is 344 g/mol. The molecular formula is C20H26N4O3. The number of ether oxygens (including phenoxy) is 2. The predicted octanol–water partition coefficient (Wildman–Crippen LogP) is 1.79. The van der Waals surface area contributed by atoms with Gasteiger partial charge in [-0.25, -0.2) is 4.98 Å². The molecule has 0 saturated carbocycles. The number of anilines is 2. The highest BCUT2D eigenvalue weighted by molar-refractivity contribution is 5.92. The van der Waals surface area contributed by atoms with Gasteiger partial charge in [-0.3, -0.25) is 4.79 Å². The van der Waals surface area contributed by atoms with Crippen LogP contribution in [0.4, 0.5) is 11.4 Å². The largest absolute Gasteiger partial charge is 0.497 e. The normalized spacial score (nSPS) is 14.1. The van der Waals surface area contributed by atoms with Crippen molar-refractivity contribution in [2.45, 2.75) is 0 Å². The quantitative estimate of drug-likeness (QED) is 0.750. The lowest BCUT2D eigenvalue weighted by Crippen LogP contribution is -2.46. The van der Waals surface area contributed by atoms with E-state index in [9.17, 15) is 4.79 Å². The Morgan fingerprint density at radius 1 is 1.00 bits per heavy atom. The number of piperazine rings is 1. The first kappa shape index (κ1) is 19.0. The topological polar surface area (TPSA) is 66.9 Å². The molecule has 1 amide bonds. The average molecular weight is 370 g/mol. The molecule has 1 fully saturated rings. The Balaban J connectivity index is 1.53. The van der Waals surface area contributed by atoms with Crippen molar-refractivity contribution in [1.82, 2.24) is 10.3 Å². The fourth-order valence-corrected chi connectivity index (χ4v) is 3.08. The Kier molecular flexibility index (Phi) is 6.49. The van der Waals surface area contributed by atoms with E-state index in [4.69, 9.17) is 9.47 Å². The van der Waals surface area contributed by atoms with Crippen LogP contribution in [0.15, 0.2) is 42.6 Å². The maximum atomic E-state index is 12.0. The summed E-state index contributed by atoms with van der Waals surface area (Å²) in [5, 5.41) is 2.78. The lowest BCUT2D eigenvalue weighted by atomic mass is 10.2. The molecule has 1 aromatic heterocycles. The van der Waals surface area contributed by atoms with E-state index in [1.165, 1.54) is 5.69 Å². The molecule has 1 saturated heterocycles. The number of methoxy groups -OCH3 is 2. The molecule has 1 aliphatic heterocycles. The van der Waals surface area contributed by atoms with Crippen molar-refractivity contribution in [2.75, 3.05) is 63.4 Å². The van der Waals surface area contributed by atoms with Crippen LogP contribution in [0.25, 0.3) is 0 Å². The van der Waals surface area contributed by atoms with Gasteiger partial charge in [-0.05, 0) is 36.4 Å². The van der Waals surface area contributed by atoms with Crippen LogP contribution in [0.3, 0.4) is 0 Å². The van der Waals surface area contributed by atoms with Crippen molar-refractivity contribution < 1.29 is 14.3 Å². The van der Waals surface area contributed by atoms with Crippen LogP contribution >= 0.6 is 0 Å². The fourth-order valence-electron chi connectivity index (χ4n) is 3.08. The van der Waals surface area contributed by atoms with Gasteiger partial charge in [0.05, 0.1) is 25.6 Å². The molecule has 144 valence electrons. The first-order valence-corrected chi connectivity index (χ1v) is 9.08. The summed E-state index contributed by atoms with van der Waals surface area (Å²) in [5.74, 6) is 0.692. The highest BCUT2D eigenvalue weighted by Crippen LogP contribution is 2.22. The van der Waals surface area contributed by atoms with Gasteiger partial charge in [0, 0.05) is 45.5 Å². The van der Waals surface area contributed by atoms with E-state index in [1.54, 1.807) is 26.5 Å². The van der Waals surface area contributed by atoms with Crippen molar-refractivity contribution in [2.24, 2.45) is 0 Å². The predicted molar refractivity (Wildman–Crippen MR) is 106 cm³/mol. The van der Waals surface area contributed by atoms with Crippen molar-refractivity contribution in [3.8, 4) is 5.75 Å². The molecule has 0 spiro atoms. The Bertz CT molecular complexity index is 726. The third-order valence-corrected chi connectivity index (χ3v) is 4.65. The number of nitrogens with one attached hydrogen (secondary N) is 1. The molecule has 0 aliphatic carbocycles. The maximum absolute atomic E-state index is 12.0. The zero-order valence-corrected chi connectivity index (χ0v) is 15.9. The Hall–Kier alpha value is -2.80. The molecule has 1 aliphatic rings. The minimum atomic E-state index is -0.178. The van der Waals surface area contributed by atoms with Gasteiger partial charge < -0.3 is 24.6 Å². The number of carbonyl (C=O) groups excluding carboxylic acids is 1. The first-order valence-electron chi connectivity index (χ1n) is 9.08. The molecule has 0 bridgehead atoms. The van der Waals surface area contributed by atoms with Gasteiger partial charge in [0.25, 0.3) is 5.91 Å². The molecule has 1 aromatic carbocycles. The number of benzene rings is 1. The summed E-state index contributed by atoms with van der Waals surface area (Å²) in [6.45, 7) is 4.66. The number of nitrogens with zero attached hydrogens (tertiary/aromatic N) is 3. The highest BCUT2D eigenvalue weighted by Gasteiger charge is 2.18. The summed E-state index contributed by atoms with van der Waals surface area (Å²) in [6, 6.07) is 11.9. The van der Waals surface area contributed by atoms with E-state index < -0.39 is 0 Å². The van der Waals surface area contributed by atoms with Gasteiger partial charge >= 0.3 is 0 Å². The van der Waals surface area contributed by atoms with Crippen LogP contribution in [0.2, 0.25) is 0 Å². The van der Waals surface area contributed by atoms with Crippen LogP contribution in [-0.4, -0.2) is 64.4 Å². The van der Waals surface area contributed by atoms with Crippen LogP contribution in [0.1, 0.15) is 10.5 Å². The van der Waals surface area contributed by atoms with E-state index >= 15 is 0 Å². The summed E-state index contributed by atoms with van der Waals surface area (Å²) < 4.78 is 10.1. The van der Waals surface area contributed by atoms with Gasteiger partial charge in [0.1, 0.15) is 11.4 Å². The second-order valence-electron chi connectivity index (χ2n) is 6.32. The van der Waals surface area contributed by atoms with E-state index in [1.807, 2.05) is 18.2 Å². The minimum absolute atomic E-state index is 0.178. The molecule has 0 radical (unpaired) electrons. The van der Waals surface area contributed by atoms with Crippen LogP contribution in [-0.2, 0) is 4.74 Å². The second-order valence-corrected chi connectivity index (χ2v) is 6.32. The smallest absolute Gasteiger partial charge is 0.269 e. The molecule has 2 heterocycles. The third-order valence-electron chi connectivity index (χ3n) is 4.65. The Morgan fingerprint density at radius 3 is 2.19 bits per heavy atom. The van der Waals surface area contributed by atoms with Crippen molar-refractivity contribution in [3.63, 3.8) is 0 Å². The van der Waals surface area contributed by atoms with Crippen LogP contribution in [0, 0.1) is 0 Å². The summed E-state index contributed by atoms with van der Waals surface area (Å²) in [5.41, 5.74) is 2.67. The first-order chi connectivity index (χ1) is 13.2. The van der Waals surface area contributed by atoms with Gasteiger partial charge in [-0.2, -0.15) is 0 Å². The van der Waals surface area contributed by atoms with E-state index in [0.29, 0.717) is 18.8 Å². The van der Waals surface area contributed by atoms with Crippen LogP contribution in [0.5, 0.6) is 5.75 Å². The van der Waals surface area contributed by atoms with Gasteiger partial charge in [0.2, 0.25) is 0 Å². The zero-order valence-electron chi connectivity index (χ0n) is 15.9. The van der Waals surface area contributed by atoms with Crippen molar-refractivity contribution in [3.05, 3.63) is 48.3 Å². The number of pyridine rings is 1. The molecule has 3 rings (SSSR count). The van der Waals surface area contributed by atoms with E-state index in [-0.39, 0.29) is 5.91 Å². The minimum Gasteiger partial charge on any atom is -0.497 e. The van der Waals surface area contributed by atoms with Crippen molar-refractivity contribution in [1.29, 1.82) is 0 Å². The molecule has 7 nitrogen and oxygen atoms in total. The fraction of sp³-hybridized carbons (Fsp3) is 0.400.